The molecule has 1 aromatic heterocycles. The van der Waals surface area contributed by atoms with Gasteiger partial charge in [0, 0.05) is 18.7 Å². The van der Waals surface area contributed by atoms with Crippen molar-refractivity contribution in [2.24, 2.45) is 0 Å². The first kappa shape index (κ1) is 15.3. The van der Waals surface area contributed by atoms with Gasteiger partial charge in [-0.1, -0.05) is 42.5 Å². The van der Waals surface area contributed by atoms with E-state index in [0.717, 1.165) is 22.0 Å². The molecule has 0 spiro atoms. The number of ether oxygens (including phenoxy) is 1. The number of aromatic nitrogens is 3. The van der Waals surface area contributed by atoms with E-state index in [4.69, 9.17) is 4.74 Å². The number of amides is 1. The molecular weight excluding hydrogens is 318 g/mol. The van der Waals surface area contributed by atoms with Crippen molar-refractivity contribution in [3.63, 3.8) is 0 Å². The van der Waals surface area contributed by atoms with Gasteiger partial charge in [0.15, 0.2) is 0 Å². The van der Waals surface area contributed by atoms with E-state index < -0.39 is 0 Å². The van der Waals surface area contributed by atoms with Crippen molar-refractivity contribution in [2.75, 3.05) is 31.6 Å². The molecule has 7 nitrogen and oxygen atoms in total. The van der Waals surface area contributed by atoms with Crippen LogP contribution in [0.4, 0.5) is 10.7 Å². The van der Waals surface area contributed by atoms with E-state index in [-0.39, 0.29) is 6.09 Å². The molecule has 2 aromatic carbocycles. The van der Waals surface area contributed by atoms with Crippen LogP contribution in [0.25, 0.3) is 22.0 Å². The summed E-state index contributed by atoms with van der Waals surface area (Å²) in [6.07, 6.45) is 1.38. The summed E-state index contributed by atoms with van der Waals surface area (Å²) in [4.78, 5) is 17.6. The van der Waals surface area contributed by atoms with Crippen LogP contribution in [0, 0.1) is 0 Å². The van der Waals surface area contributed by atoms with Gasteiger partial charge in [-0.3, -0.25) is 0 Å². The van der Waals surface area contributed by atoms with Crippen LogP contribution in [-0.2, 0) is 4.74 Å². The highest BCUT2D eigenvalue weighted by Crippen LogP contribution is 2.26. The topological polar surface area (TPSA) is 80.2 Å². The predicted molar refractivity (Wildman–Crippen MR) is 94.2 cm³/mol. The van der Waals surface area contributed by atoms with E-state index in [1.54, 1.807) is 11.1 Å². The number of cyclic esters (lactones) is 1. The molecular formula is C18H17N5O2. The summed E-state index contributed by atoms with van der Waals surface area (Å²) in [5.74, 6) is 0.443. The van der Waals surface area contributed by atoms with Crippen molar-refractivity contribution in [2.45, 2.75) is 0 Å². The molecule has 0 radical (unpaired) electrons. The fourth-order valence-corrected chi connectivity index (χ4v) is 2.89. The lowest BCUT2D eigenvalue weighted by Gasteiger charge is -2.13. The molecule has 1 aliphatic heterocycles. The second kappa shape index (κ2) is 6.72. The molecule has 25 heavy (non-hydrogen) atoms. The first-order valence-corrected chi connectivity index (χ1v) is 8.15. The Kier molecular flexibility index (Phi) is 4.12. The summed E-state index contributed by atoms with van der Waals surface area (Å²) >= 11 is 0. The fraction of sp³-hybridized carbons (Fsp3) is 0.222. The summed E-state index contributed by atoms with van der Waals surface area (Å²) in [7, 11) is 0. The van der Waals surface area contributed by atoms with Gasteiger partial charge in [0.2, 0.25) is 5.95 Å². The molecule has 3 aromatic rings. The Balaban J connectivity index is 1.52. The van der Waals surface area contributed by atoms with Crippen LogP contribution in [-0.4, -0.2) is 52.4 Å². The summed E-state index contributed by atoms with van der Waals surface area (Å²) in [5, 5.41) is 13.5. The summed E-state index contributed by atoms with van der Waals surface area (Å²) < 4.78 is 4.90. The Bertz CT molecular complexity index is 909. The van der Waals surface area contributed by atoms with E-state index in [1.807, 2.05) is 24.3 Å². The van der Waals surface area contributed by atoms with Crippen molar-refractivity contribution < 1.29 is 9.53 Å². The maximum Gasteiger partial charge on any atom is 0.409 e. The maximum atomic E-state index is 11.4. The van der Waals surface area contributed by atoms with Crippen LogP contribution < -0.4 is 5.32 Å². The number of hydrogen-bond donors (Lipinski definition) is 1. The molecule has 0 saturated carbocycles. The fourth-order valence-electron chi connectivity index (χ4n) is 2.89. The molecule has 0 aliphatic carbocycles. The number of nitrogens with one attached hydrogen (secondary N) is 1. The van der Waals surface area contributed by atoms with Crippen LogP contribution >= 0.6 is 0 Å². The third kappa shape index (κ3) is 3.21. The van der Waals surface area contributed by atoms with Crippen LogP contribution in [0.3, 0.4) is 0 Å². The van der Waals surface area contributed by atoms with E-state index in [0.29, 0.717) is 32.2 Å². The molecule has 7 heteroatoms. The van der Waals surface area contributed by atoms with Gasteiger partial charge >= 0.3 is 6.09 Å². The molecule has 2 heterocycles. The predicted octanol–water partition coefficient (Wildman–Crippen LogP) is 2.56. The molecule has 126 valence electrons. The van der Waals surface area contributed by atoms with Gasteiger partial charge in [0.05, 0.1) is 18.4 Å². The largest absolute Gasteiger partial charge is 0.448 e. The lowest BCUT2D eigenvalue weighted by Crippen LogP contribution is -2.30. The van der Waals surface area contributed by atoms with Gasteiger partial charge in [-0.25, -0.2) is 9.78 Å². The number of benzene rings is 2. The second-order valence-corrected chi connectivity index (χ2v) is 5.72. The number of rotatable bonds is 5. The zero-order valence-electron chi connectivity index (χ0n) is 13.6. The summed E-state index contributed by atoms with van der Waals surface area (Å²) in [5.41, 5.74) is 1.77. The average Bonchev–Trinajstić information content (AvgIpc) is 3.06. The standard InChI is InChI=1S/C18H17N5O2/c24-18-23(10-11-25-18)9-8-19-17-21-16(12-20-22-17)15-7-3-5-13-4-1-2-6-14(13)15/h1-7,12H,8-11H2,(H,19,21,22). The van der Waals surface area contributed by atoms with Crippen LogP contribution in [0.2, 0.25) is 0 Å². The van der Waals surface area contributed by atoms with Gasteiger partial charge in [-0.05, 0) is 10.8 Å². The summed E-state index contributed by atoms with van der Waals surface area (Å²) in [6, 6.07) is 14.3. The third-order valence-electron chi connectivity index (χ3n) is 4.13. The Labute approximate surface area is 144 Å². The number of carbonyl (C=O) groups excluding carboxylic acids is 1. The van der Waals surface area contributed by atoms with E-state index >= 15 is 0 Å². The molecule has 1 saturated heterocycles. The second-order valence-electron chi connectivity index (χ2n) is 5.72. The van der Waals surface area contributed by atoms with Crippen molar-refractivity contribution >= 4 is 22.8 Å². The highest BCUT2D eigenvalue weighted by molar-refractivity contribution is 5.95. The van der Waals surface area contributed by atoms with Gasteiger partial charge in [0.25, 0.3) is 0 Å². The van der Waals surface area contributed by atoms with Gasteiger partial charge in [-0.2, -0.15) is 5.10 Å². The highest BCUT2D eigenvalue weighted by atomic mass is 16.6. The molecule has 0 unspecified atom stereocenters. The Morgan fingerprint density at radius 3 is 2.92 bits per heavy atom. The first-order chi connectivity index (χ1) is 12.3. The Hall–Kier alpha value is -3.22. The summed E-state index contributed by atoms with van der Waals surface area (Å²) in [6.45, 7) is 2.15. The molecule has 1 N–H and O–H groups in total. The minimum Gasteiger partial charge on any atom is -0.448 e. The molecule has 1 aliphatic rings. The lowest BCUT2D eigenvalue weighted by atomic mass is 10.0. The number of anilines is 1. The van der Waals surface area contributed by atoms with Crippen molar-refractivity contribution in [3.05, 3.63) is 48.7 Å². The molecule has 1 fully saturated rings. The Morgan fingerprint density at radius 1 is 1.16 bits per heavy atom. The number of nitrogens with zero attached hydrogens (tertiary/aromatic N) is 4. The number of hydrogen-bond acceptors (Lipinski definition) is 6. The zero-order valence-corrected chi connectivity index (χ0v) is 13.6. The highest BCUT2D eigenvalue weighted by Gasteiger charge is 2.20. The normalized spacial score (nSPS) is 13.9. The lowest BCUT2D eigenvalue weighted by molar-refractivity contribution is 0.159. The molecule has 0 atom stereocenters. The molecule has 4 rings (SSSR count). The minimum atomic E-state index is -0.273. The quantitative estimate of drug-likeness (QED) is 0.772. The average molecular weight is 335 g/mol. The van der Waals surface area contributed by atoms with E-state index in [9.17, 15) is 4.79 Å². The van der Waals surface area contributed by atoms with Crippen LogP contribution in [0.15, 0.2) is 48.7 Å². The minimum absolute atomic E-state index is 0.273. The SMILES string of the molecule is O=C1OCCN1CCNc1nncc(-c2cccc3ccccc23)n1. The van der Waals surface area contributed by atoms with E-state index in [1.165, 1.54) is 0 Å². The first-order valence-electron chi connectivity index (χ1n) is 8.15. The smallest absolute Gasteiger partial charge is 0.409 e. The van der Waals surface area contributed by atoms with Gasteiger partial charge in [-0.15, -0.1) is 5.10 Å². The van der Waals surface area contributed by atoms with Crippen molar-refractivity contribution in [3.8, 4) is 11.3 Å². The van der Waals surface area contributed by atoms with Gasteiger partial charge in [0.1, 0.15) is 6.61 Å². The monoisotopic (exact) mass is 335 g/mol. The van der Waals surface area contributed by atoms with Crippen molar-refractivity contribution in [1.82, 2.24) is 20.1 Å². The molecule has 0 bridgehead atoms. The maximum absolute atomic E-state index is 11.4. The number of fused-ring (bicyclic) bond motifs is 1. The van der Waals surface area contributed by atoms with Gasteiger partial charge < -0.3 is 15.0 Å². The van der Waals surface area contributed by atoms with Crippen LogP contribution in [0.5, 0.6) is 0 Å². The van der Waals surface area contributed by atoms with Crippen LogP contribution in [0.1, 0.15) is 0 Å². The zero-order chi connectivity index (χ0) is 17.1. The number of carbonyl (C=O) groups is 1. The van der Waals surface area contributed by atoms with Crippen molar-refractivity contribution in [1.29, 1.82) is 0 Å². The Morgan fingerprint density at radius 2 is 2.04 bits per heavy atom. The third-order valence-corrected chi connectivity index (χ3v) is 4.13. The molecule has 1 amide bonds. The van der Waals surface area contributed by atoms with E-state index in [2.05, 4.69) is 38.7 Å².